The SMILES string of the molecule is C[C@@]12C=C[C@@H](O1)[C@H]1C(=O)N(c3ccc(Br)cc3[N+](=O)[O-])C(=O)[C@H]12. The maximum atomic E-state index is 12.8. The van der Waals surface area contributed by atoms with Crippen molar-refractivity contribution in [2.45, 2.75) is 18.6 Å². The predicted molar refractivity (Wildman–Crippen MR) is 82.7 cm³/mol. The van der Waals surface area contributed by atoms with E-state index in [-0.39, 0.29) is 11.4 Å². The normalized spacial score (nSPS) is 34.3. The number of fused-ring (bicyclic) bond motifs is 5. The van der Waals surface area contributed by atoms with E-state index in [4.69, 9.17) is 4.74 Å². The molecule has 0 spiro atoms. The van der Waals surface area contributed by atoms with Crippen LogP contribution in [0.4, 0.5) is 11.4 Å². The van der Waals surface area contributed by atoms with E-state index >= 15 is 0 Å². The number of nitro groups is 1. The summed E-state index contributed by atoms with van der Waals surface area (Å²) < 4.78 is 6.23. The lowest BCUT2D eigenvalue weighted by Crippen LogP contribution is -2.38. The van der Waals surface area contributed by atoms with Crippen molar-refractivity contribution >= 4 is 39.1 Å². The third-order valence-electron chi connectivity index (χ3n) is 4.70. The van der Waals surface area contributed by atoms with Crippen LogP contribution in [0.15, 0.2) is 34.8 Å². The van der Waals surface area contributed by atoms with Crippen LogP contribution in [0.25, 0.3) is 0 Å². The molecule has 0 radical (unpaired) electrons. The molecule has 8 heteroatoms. The molecule has 2 fully saturated rings. The molecule has 1 aromatic carbocycles. The molecule has 1 aromatic rings. The Morgan fingerprint density at radius 2 is 2.09 bits per heavy atom. The van der Waals surface area contributed by atoms with Crippen molar-refractivity contribution in [1.29, 1.82) is 0 Å². The molecule has 0 saturated carbocycles. The summed E-state index contributed by atoms with van der Waals surface area (Å²) in [4.78, 5) is 37.2. The van der Waals surface area contributed by atoms with E-state index in [1.807, 2.05) is 0 Å². The van der Waals surface area contributed by atoms with Crippen molar-refractivity contribution in [3.05, 3.63) is 44.9 Å². The minimum atomic E-state index is -0.818. The van der Waals surface area contributed by atoms with Crippen LogP contribution in [-0.4, -0.2) is 28.4 Å². The smallest absolute Gasteiger partial charge is 0.294 e. The molecule has 0 unspecified atom stereocenters. The minimum absolute atomic E-state index is 0.00519. The zero-order valence-electron chi connectivity index (χ0n) is 11.9. The fraction of sp³-hybridized carbons (Fsp3) is 0.333. The molecule has 0 aromatic heterocycles. The Hall–Kier alpha value is -2.06. The lowest BCUT2D eigenvalue weighted by Gasteiger charge is -2.24. The number of nitro benzene ring substituents is 1. The fourth-order valence-corrected chi connectivity index (χ4v) is 4.07. The molecular formula is C15H11BrN2O5. The van der Waals surface area contributed by atoms with Crippen molar-refractivity contribution in [2.75, 3.05) is 4.90 Å². The van der Waals surface area contributed by atoms with Crippen molar-refractivity contribution in [1.82, 2.24) is 0 Å². The lowest BCUT2D eigenvalue weighted by molar-refractivity contribution is -0.384. The standard InChI is InChI=1S/C15H11BrN2O5/c1-15-5-4-10(23-15)11-12(15)14(20)17(13(11)19)8-3-2-7(16)6-9(8)18(21)22/h2-6,10-12H,1H3/t10-,11-,12+,15+/m1/s1. The molecule has 4 rings (SSSR count). The highest BCUT2D eigenvalue weighted by atomic mass is 79.9. The zero-order valence-corrected chi connectivity index (χ0v) is 13.5. The van der Waals surface area contributed by atoms with Gasteiger partial charge < -0.3 is 4.74 Å². The first-order valence-corrected chi connectivity index (χ1v) is 7.82. The summed E-state index contributed by atoms with van der Waals surface area (Å²) in [5.74, 6) is -2.13. The number of nitrogens with zero attached hydrogens (tertiary/aromatic N) is 2. The van der Waals surface area contributed by atoms with Gasteiger partial charge in [-0.2, -0.15) is 0 Å². The summed E-state index contributed by atoms with van der Waals surface area (Å²) in [6, 6.07) is 4.27. The first kappa shape index (κ1) is 14.5. The van der Waals surface area contributed by atoms with E-state index in [1.165, 1.54) is 12.1 Å². The van der Waals surface area contributed by atoms with Crippen LogP contribution >= 0.6 is 15.9 Å². The number of ether oxygens (including phenoxy) is 1. The summed E-state index contributed by atoms with van der Waals surface area (Å²) in [5.41, 5.74) is -1.10. The molecule has 2 amide bonds. The molecule has 3 aliphatic heterocycles. The third kappa shape index (κ3) is 1.79. The van der Waals surface area contributed by atoms with Crippen molar-refractivity contribution in [2.24, 2.45) is 11.8 Å². The second-order valence-electron chi connectivity index (χ2n) is 6.03. The van der Waals surface area contributed by atoms with Gasteiger partial charge in [-0.1, -0.05) is 28.1 Å². The Labute approximate surface area is 139 Å². The van der Waals surface area contributed by atoms with Gasteiger partial charge in [-0.05, 0) is 19.1 Å². The Bertz CT molecular complexity index is 807. The van der Waals surface area contributed by atoms with Crippen LogP contribution in [0.2, 0.25) is 0 Å². The van der Waals surface area contributed by atoms with Crippen molar-refractivity contribution < 1.29 is 19.2 Å². The molecule has 23 heavy (non-hydrogen) atoms. The van der Waals surface area contributed by atoms with Gasteiger partial charge in [-0.25, -0.2) is 4.90 Å². The Balaban J connectivity index is 1.83. The Morgan fingerprint density at radius 1 is 1.35 bits per heavy atom. The third-order valence-corrected chi connectivity index (χ3v) is 5.20. The summed E-state index contributed by atoms with van der Waals surface area (Å²) in [7, 11) is 0. The van der Waals surface area contributed by atoms with Crippen LogP contribution in [0.1, 0.15) is 6.92 Å². The van der Waals surface area contributed by atoms with Crippen LogP contribution in [0.3, 0.4) is 0 Å². The number of halogens is 1. The van der Waals surface area contributed by atoms with Crippen LogP contribution < -0.4 is 4.90 Å². The molecule has 4 atom stereocenters. The molecule has 7 nitrogen and oxygen atoms in total. The second kappa shape index (κ2) is 4.48. The highest BCUT2D eigenvalue weighted by Gasteiger charge is 2.66. The van der Waals surface area contributed by atoms with E-state index in [9.17, 15) is 19.7 Å². The number of hydrogen-bond acceptors (Lipinski definition) is 5. The first-order chi connectivity index (χ1) is 10.8. The van der Waals surface area contributed by atoms with Crippen LogP contribution in [0.5, 0.6) is 0 Å². The van der Waals surface area contributed by atoms with Crippen molar-refractivity contribution in [3.8, 4) is 0 Å². The number of anilines is 1. The summed E-state index contributed by atoms with van der Waals surface area (Å²) in [6.45, 7) is 1.76. The zero-order chi connectivity index (χ0) is 16.5. The highest BCUT2D eigenvalue weighted by Crippen LogP contribution is 2.53. The average Bonchev–Trinajstić information content (AvgIpc) is 3.09. The average molecular weight is 379 g/mol. The molecule has 2 bridgehead atoms. The minimum Gasteiger partial charge on any atom is -0.362 e. The fourth-order valence-electron chi connectivity index (χ4n) is 3.72. The van der Waals surface area contributed by atoms with Gasteiger partial charge in [0.25, 0.3) is 5.69 Å². The number of benzene rings is 1. The molecule has 2 saturated heterocycles. The van der Waals surface area contributed by atoms with E-state index in [1.54, 1.807) is 25.1 Å². The Kier molecular flexibility index (Phi) is 2.83. The number of imide groups is 1. The maximum Gasteiger partial charge on any atom is 0.294 e. The monoisotopic (exact) mass is 378 g/mol. The van der Waals surface area contributed by atoms with E-state index in [2.05, 4.69) is 15.9 Å². The van der Waals surface area contributed by atoms with Crippen LogP contribution in [-0.2, 0) is 14.3 Å². The number of carbonyl (C=O) groups excluding carboxylic acids is 2. The van der Waals surface area contributed by atoms with E-state index in [0.29, 0.717) is 4.47 Å². The highest BCUT2D eigenvalue weighted by molar-refractivity contribution is 9.10. The number of amides is 2. The first-order valence-electron chi connectivity index (χ1n) is 7.02. The molecule has 3 heterocycles. The molecule has 0 N–H and O–H groups in total. The van der Waals surface area contributed by atoms with Gasteiger partial charge in [-0.3, -0.25) is 19.7 Å². The molecule has 3 aliphatic rings. The topological polar surface area (TPSA) is 89.8 Å². The molecular weight excluding hydrogens is 368 g/mol. The number of rotatable bonds is 2. The molecule has 118 valence electrons. The van der Waals surface area contributed by atoms with E-state index < -0.39 is 40.3 Å². The van der Waals surface area contributed by atoms with Gasteiger partial charge in [0.1, 0.15) is 5.69 Å². The maximum absolute atomic E-state index is 12.8. The van der Waals surface area contributed by atoms with Gasteiger partial charge in [0.15, 0.2) is 0 Å². The van der Waals surface area contributed by atoms with Gasteiger partial charge in [0, 0.05) is 10.5 Å². The van der Waals surface area contributed by atoms with Crippen molar-refractivity contribution in [3.63, 3.8) is 0 Å². The van der Waals surface area contributed by atoms with Gasteiger partial charge in [-0.15, -0.1) is 0 Å². The number of carbonyl (C=O) groups is 2. The largest absolute Gasteiger partial charge is 0.362 e. The predicted octanol–water partition coefficient (Wildman–Crippen LogP) is 2.19. The second-order valence-corrected chi connectivity index (χ2v) is 6.95. The van der Waals surface area contributed by atoms with Crippen LogP contribution in [0, 0.1) is 22.0 Å². The lowest BCUT2D eigenvalue weighted by atomic mass is 9.78. The van der Waals surface area contributed by atoms with Gasteiger partial charge in [0.05, 0.1) is 28.5 Å². The van der Waals surface area contributed by atoms with Gasteiger partial charge >= 0.3 is 0 Å². The van der Waals surface area contributed by atoms with Gasteiger partial charge in [0.2, 0.25) is 11.8 Å². The summed E-state index contributed by atoms with van der Waals surface area (Å²) in [6.07, 6.45) is 3.14. The number of hydrogen-bond donors (Lipinski definition) is 0. The molecule has 0 aliphatic carbocycles. The quantitative estimate of drug-likeness (QED) is 0.340. The Morgan fingerprint density at radius 3 is 2.74 bits per heavy atom. The summed E-state index contributed by atoms with van der Waals surface area (Å²) in [5, 5.41) is 11.3. The summed E-state index contributed by atoms with van der Waals surface area (Å²) >= 11 is 3.17. The van der Waals surface area contributed by atoms with E-state index in [0.717, 1.165) is 4.90 Å².